The van der Waals surface area contributed by atoms with Gasteiger partial charge in [0.05, 0.1) is 36.7 Å². The molecule has 1 aromatic carbocycles. The fourth-order valence-electron chi connectivity index (χ4n) is 4.27. The third-order valence-corrected chi connectivity index (χ3v) is 6.30. The summed E-state index contributed by atoms with van der Waals surface area (Å²) in [6.45, 7) is 4.63. The number of halogens is 2. The van der Waals surface area contributed by atoms with Crippen LogP contribution in [0.5, 0.6) is 0 Å². The van der Waals surface area contributed by atoms with Crippen LogP contribution in [0.4, 0.5) is 5.69 Å². The predicted octanol–water partition coefficient (Wildman–Crippen LogP) is 3.36. The molecule has 2 aromatic heterocycles. The number of carbonyl (C=O) groups is 1. The van der Waals surface area contributed by atoms with E-state index in [0.717, 1.165) is 40.1 Å². The van der Waals surface area contributed by atoms with Crippen molar-refractivity contribution in [3.8, 4) is 0 Å². The van der Waals surface area contributed by atoms with Crippen molar-refractivity contribution in [2.24, 2.45) is 0 Å². The number of carbonyl (C=O) groups excluding carboxylic acids is 1. The summed E-state index contributed by atoms with van der Waals surface area (Å²) in [5, 5.41) is 1.23. The maximum atomic E-state index is 13.3. The van der Waals surface area contributed by atoms with Crippen molar-refractivity contribution in [2.45, 2.75) is 26.0 Å². The molecule has 1 fully saturated rings. The molecule has 0 aliphatic carbocycles. The number of hydrogen-bond acceptors (Lipinski definition) is 5. The maximum Gasteiger partial charge on any atom is 0.253 e. The molecule has 2 aliphatic rings. The Kier molecular flexibility index (Phi) is 5.05. The summed E-state index contributed by atoms with van der Waals surface area (Å²) in [5.41, 5.74) is 4.75. The molecule has 0 spiro atoms. The van der Waals surface area contributed by atoms with E-state index in [4.69, 9.17) is 27.9 Å². The number of aryl methyl sites for hydroxylation is 1. The van der Waals surface area contributed by atoms with E-state index in [1.54, 1.807) is 18.5 Å². The first-order valence-electron chi connectivity index (χ1n) is 9.92. The van der Waals surface area contributed by atoms with Gasteiger partial charge in [0.25, 0.3) is 5.91 Å². The standard InChI is InChI=1S/C21H21Cl2N5O2/c1-12-25-17-8-24-9-18(20(17)26-12)27-4-5-30-19(11-27)21(29)28-3-2-13-6-14(22)7-16(23)15(13)10-28/h6-9,19H,2-5,10-11H2,1H3,(H,25,26). The first-order valence-corrected chi connectivity index (χ1v) is 10.7. The van der Waals surface area contributed by atoms with Gasteiger partial charge in [-0.1, -0.05) is 23.2 Å². The Balaban J connectivity index is 1.35. The molecule has 30 heavy (non-hydrogen) atoms. The Bertz CT molecular complexity index is 1130. The zero-order valence-corrected chi connectivity index (χ0v) is 18.0. The van der Waals surface area contributed by atoms with E-state index >= 15 is 0 Å². The van der Waals surface area contributed by atoms with E-state index in [-0.39, 0.29) is 5.91 Å². The van der Waals surface area contributed by atoms with Crippen molar-refractivity contribution in [3.63, 3.8) is 0 Å². The largest absolute Gasteiger partial charge is 0.365 e. The Morgan fingerprint density at radius 2 is 2.13 bits per heavy atom. The molecule has 1 saturated heterocycles. The van der Waals surface area contributed by atoms with Crippen molar-refractivity contribution in [3.05, 3.63) is 51.5 Å². The third-order valence-electron chi connectivity index (χ3n) is 5.74. The van der Waals surface area contributed by atoms with Crippen LogP contribution < -0.4 is 4.90 Å². The molecular weight excluding hydrogens is 425 g/mol. The molecule has 1 amide bonds. The van der Waals surface area contributed by atoms with Crippen LogP contribution in [0.1, 0.15) is 17.0 Å². The minimum absolute atomic E-state index is 0.0188. The highest BCUT2D eigenvalue weighted by Crippen LogP contribution is 2.31. The second-order valence-corrected chi connectivity index (χ2v) is 8.56. The number of ether oxygens (including phenoxy) is 1. The van der Waals surface area contributed by atoms with Gasteiger partial charge in [-0.05, 0) is 36.6 Å². The highest BCUT2D eigenvalue weighted by molar-refractivity contribution is 6.35. The van der Waals surface area contributed by atoms with Gasteiger partial charge in [0.1, 0.15) is 11.3 Å². The van der Waals surface area contributed by atoms with Crippen LogP contribution >= 0.6 is 23.2 Å². The van der Waals surface area contributed by atoms with Crippen LogP contribution in [0.25, 0.3) is 11.0 Å². The fourth-order valence-corrected chi connectivity index (χ4v) is 4.86. The number of aromatic amines is 1. The average Bonchev–Trinajstić information content (AvgIpc) is 3.13. The van der Waals surface area contributed by atoms with Gasteiger partial charge in [-0.15, -0.1) is 0 Å². The Morgan fingerprint density at radius 3 is 3.00 bits per heavy atom. The number of nitrogens with zero attached hydrogens (tertiary/aromatic N) is 4. The molecule has 1 unspecified atom stereocenters. The summed E-state index contributed by atoms with van der Waals surface area (Å²) in [4.78, 5) is 29.3. The summed E-state index contributed by atoms with van der Waals surface area (Å²) in [7, 11) is 0. The molecular formula is C21H21Cl2N5O2. The molecule has 2 aliphatic heterocycles. The maximum absolute atomic E-state index is 13.3. The fraction of sp³-hybridized carbons (Fsp3) is 0.381. The molecule has 156 valence electrons. The van der Waals surface area contributed by atoms with Crippen molar-refractivity contribution < 1.29 is 9.53 Å². The van der Waals surface area contributed by atoms with Gasteiger partial charge >= 0.3 is 0 Å². The zero-order chi connectivity index (χ0) is 20.8. The number of nitrogens with one attached hydrogen (secondary N) is 1. The van der Waals surface area contributed by atoms with E-state index < -0.39 is 6.10 Å². The van der Waals surface area contributed by atoms with Crippen molar-refractivity contribution >= 4 is 45.8 Å². The number of amides is 1. The second kappa shape index (κ2) is 7.72. The molecule has 1 N–H and O–H groups in total. The molecule has 4 heterocycles. The average molecular weight is 446 g/mol. The number of imidazole rings is 1. The number of aromatic nitrogens is 3. The monoisotopic (exact) mass is 445 g/mol. The number of rotatable bonds is 2. The van der Waals surface area contributed by atoms with E-state index in [9.17, 15) is 4.79 Å². The number of H-pyrrole nitrogens is 1. The van der Waals surface area contributed by atoms with Crippen LogP contribution in [0, 0.1) is 6.92 Å². The Morgan fingerprint density at radius 1 is 1.27 bits per heavy atom. The molecule has 3 aromatic rings. The minimum atomic E-state index is -0.540. The smallest absolute Gasteiger partial charge is 0.253 e. The van der Waals surface area contributed by atoms with Gasteiger partial charge in [0.2, 0.25) is 0 Å². The quantitative estimate of drug-likeness (QED) is 0.654. The lowest BCUT2D eigenvalue weighted by Crippen LogP contribution is -2.52. The summed E-state index contributed by atoms with van der Waals surface area (Å²) in [5.74, 6) is 0.818. The van der Waals surface area contributed by atoms with E-state index in [1.807, 2.05) is 17.9 Å². The molecule has 7 nitrogen and oxygen atoms in total. The zero-order valence-electron chi connectivity index (χ0n) is 16.5. The molecule has 9 heteroatoms. The SMILES string of the molecule is Cc1nc2c(N3CCOC(C(=O)N4CCc5cc(Cl)cc(Cl)c5C4)C3)cncc2[nH]1. The number of hydrogen-bond donors (Lipinski definition) is 1. The van der Waals surface area contributed by atoms with Gasteiger partial charge in [-0.25, -0.2) is 4.98 Å². The number of benzene rings is 1. The molecule has 1 atom stereocenters. The molecule has 0 radical (unpaired) electrons. The normalized spacial score (nSPS) is 19.2. The first-order chi connectivity index (χ1) is 14.5. The van der Waals surface area contributed by atoms with Crippen molar-refractivity contribution in [2.75, 3.05) is 31.1 Å². The Labute approximate surface area is 183 Å². The van der Waals surface area contributed by atoms with E-state index in [1.165, 1.54) is 0 Å². The minimum Gasteiger partial charge on any atom is -0.365 e. The summed E-state index contributed by atoms with van der Waals surface area (Å²) >= 11 is 12.5. The highest BCUT2D eigenvalue weighted by Gasteiger charge is 2.33. The van der Waals surface area contributed by atoms with Gasteiger partial charge < -0.3 is 19.5 Å². The summed E-state index contributed by atoms with van der Waals surface area (Å²) < 4.78 is 5.86. The number of pyridine rings is 1. The van der Waals surface area contributed by atoms with E-state index in [0.29, 0.717) is 42.8 Å². The molecule has 0 saturated carbocycles. The van der Waals surface area contributed by atoms with E-state index in [2.05, 4.69) is 19.9 Å². The number of anilines is 1. The first kappa shape index (κ1) is 19.6. The highest BCUT2D eigenvalue weighted by atomic mass is 35.5. The third kappa shape index (κ3) is 3.51. The summed E-state index contributed by atoms with van der Waals surface area (Å²) in [6.07, 6.45) is 3.76. The van der Waals surface area contributed by atoms with Crippen LogP contribution in [-0.4, -0.2) is 58.1 Å². The molecule has 0 bridgehead atoms. The molecule has 5 rings (SSSR count). The summed E-state index contributed by atoms with van der Waals surface area (Å²) in [6, 6.07) is 3.66. The predicted molar refractivity (Wildman–Crippen MR) is 116 cm³/mol. The number of morpholine rings is 1. The van der Waals surface area contributed by atoms with Crippen LogP contribution in [-0.2, 0) is 22.5 Å². The van der Waals surface area contributed by atoms with Gasteiger partial charge in [0, 0.05) is 29.7 Å². The Hall–Kier alpha value is -2.35. The second-order valence-electron chi connectivity index (χ2n) is 7.72. The number of fused-ring (bicyclic) bond motifs is 2. The van der Waals surface area contributed by atoms with Crippen molar-refractivity contribution in [1.82, 2.24) is 19.9 Å². The lowest BCUT2D eigenvalue weighted by molar-refractivity contribution is -0.145. The van der Waals surface area contributed by atoms with Crippen LogP contribution in [0.3, 0.4) is 0 Å². The van der Waals surface area contributed by atoms with Crippen LogP contribution in [0.2, 0.25) is 10.0 Å². The van der Waals surface area contributed by atoms with Gasteiger partial charge in [-0.3, -0.25) is 9.78 Å². The lowest BCUT2D eigenvalue weighted by atomic mass is 9.99. The van der Waals surface area contributed by atoms with Gasteiger partial charge in [0.15, 0.2) is 6.10 Å². The lowest BCUT2D eigenvalue weighted by Gasteiger charge is -2.37. The van der Waals surface area contributed by atoms with Gasteiger partial charge in [-0.2, -0.15) is 0 Å². The topological polar surface area (TPSA) is 74.4 Å². The van der Waals surface area contributed by atoms with Crippen LogP contribution in [0.15, 0.2) is 24.5 Å². The van der Waals surface area contributed by atoms with Crippen molar-refractivity contribution in [1.29, 1.82) is 0 Å².